The Balaban J connectivity index is 2.12. The molecule has 5 nitrogen and oxygen atoms in total. The minimum atomic E-state index is -0.154. The number of nitrogens with one attached hydrogen (secondary N) is 1. The Labute approximate surface area is 121 Å². The molecule has 2 heterocycles. The molecule has 0 aromatic carbocycles. The van der Waals surface area contributed by atoms with E-state index >= 15 is 0 Å². The third kappa shape index (κ3) is 3.26. The van der Waals surface area contributed by atoms with E-state index in [1.165, 1.54) is 11.3 Å². The fraction of sp³-hybridized carbons (Fsp3) is 0.286. The van der Waals surface area contributed by atoms with Gasteiger partial charge in [-0.25, -0.2) is 4.68 Å². The van der Waals surface area contributed by atoms with Crippen LogP contribution in [0.4, 0.5) is 5.82 Å². The van der Waals surface area contributed by atoms with Gasteiger partial charge >= 0.3 is 0 Å². The highest BCUT2D eigenvalue weighted by molar-refractivity contribution is 7.14. The largest absolute Gasteiger partial charge is 0.320 e. The molecule has 0 atom stereocenters. The number of hydrogen-bond donors (Lipinski definition) is 2. The molecule has 0 spiro atoms. The molecule has 1 amide bonds. The Morgan fingerprint density at radius 2 is 2.30 bits per heavy atom. The number of hydrogen-bond acceptors (Lipinski definition) is 4. The molecule has 2 aromatic heterocycles. The summed E-state index contributed by atoms with van der Waals surface area (Å²) in [5, 5.41) is 7.03. The minimum Gasteiger partial charge on any atom is -0.320 e. The highest BCUT2D eigenvalue weighted by Gasteiger charge is 2.12. The van der Waals surface area contributed by atoms with Crippen LogP contribution in [0.2, 0.25) is 0 Å². The maximum atomic E-state index is 12.2. The molecule has 0 aliphatic rings. The quantitative estimate of drug-likeness (QED) is 0.849. The summed E-state index contributed by atoms with van der Waals surface area (Å²) in [4.78, 5) is 13.6. The lowest BCUT2D eigenvalue weighted by Crippen LogP contribution is -2.15. The van der Waals surface area contributed by atoms with Gasteiger partial charge in [-0.15, -0.1) is 11.3 Å². The SMILES string of the molecule is CC(C)n1nccc1NC(=O)c1ccc(C#CCN)s1. The van der Waals surface area contributed by atoms with E-state index in [4.69, 9.17) is 5.73 Å². The van der Waals surface area contributed by atoms with Gasteiger partial charge in [0.25, 0.3) is 5.91 Å². The van der Waals surface area contributed by atoms with E-state index in [9.17, 15) is 4.79 Å². The summed E-state index contributed by atoms with van der Waals surface area (Å²) in [5.41, 5.74) is 5.32. The van der Waals surface area contributed by atoms with Gasteiger partial charge in [0, 0.05) is 12.1 Å². The van der Waals surface area contributed by atoms with Gasteiger partial charge in [-0.2, -0.15) is 5.10 Å². The third-order valence-corrected chi connectivity index (χ3v) is 3.54. The van der Waals surface area contributed by atoms with Gasteiger partial charge in [0.15, 0.2) is 0 Å². The van der Waals surface area contributed by atoms with Crippen molar-refractivity contribution in [2.75, 3.05) is 11.9 Å². The van der Waals surface area contributed by atoms with Crippen LogP contribution in [-0.2, 0) is 0 Å². The molecular formula is C14H16N4OS. The smallest absolute Gasteiger partial charge is 0.266 e. The van der Waals surface area contributed by atoms with Crippen LogP contribution < -0.4 is 11.1 Å². The fourth-order valence-electron chi connectivity index (χ4n) is 1.67. The van der Waals surface area contributed by atoms with E-state index < -0.39 is 0 Å². The van der Waals surface area contributed by atoms with Crippen molar-refractivity contribution in [2.24, 2.45) is 5.73 Å². The van der Waals surface area contributed by atoms with Crippen molar-refractivity contribution >= 4 is 23.1 Å². The van der Waals surface area contributed by atoms with Crippen molar-refractivity contribution in [1.82, 2.24) is 9.78 Å². The Morgan fingerprint density at radius 1 is 1.50 bits per heavy atom. The van der Waals surface area contributed by atoms with E-state index in [0.717, 1.165) is 4.88 Å². The van der Waals surface area contributed by atoms with E-state index in [2.05, 4.69) is 22.3 Å². The van der Waals surface area contributed by atoms with Crippen LogP contribution in [0, 0.1) is 11.8 Å². The molecule has 6 heteroatoms. The van der Waals surface area contributed by atoms with Gasteiger partial charge in [0.1, 0.15) is 5.82 Å². The number of thiophene rings is 1. The lowest BCUT2D eigenvalue weighted by atomic mass is 10.4. The molecule has 104 valence electrons. The number of amides is 1. The monoisotopic (exact) mass is 288 g/mol. The first kappa shape index (κ1) is 14.3. The number of rotatable bonds is 3. The highest BCUT2D eigenvalue weighted by atomic mass is 32.1. The van der Waals surface area contributed by atoms with Crippen molar-refractivity contribution in [1.29, 1.82) is 0 Å². The molecular weight excluding hydrogens is 272 g/mol. The summed E-state index contributed by atoms with van der Waals surface area (Å²) < 4.78 is 1.76. The molecule has 2 aromatic rings. The van der Waals surface area contributed by atoms with E-state index in [1.807, 2.05) is 19.9 Å². The molecule has 20 heavy (non-hydrogen) atoms. The number of nitrogens with zero attached hydrogens (tertiary/aromatic N) is 2. The van der Waals surface area contributed by atoms with Crippen LogP contribution in [0.15, 0.2) is 24.4 Å². The molecule has 0 unspecified atom stereocenters. The molecule has 0 fully saturated rings. The highest BCUT2D eigenvalue weighted by Crippen LogP contribution is 2.19. The second kappa shape index (κ2) is 6.37. The maximum Gasteiger partial charge on any atom is 0.266 e. The van der Waals surface area contributed by atoms with Crippen molar-refractivity contribution in [3.63, 3.8) is 0 Å². The van der Waals surface area contributed by atoms with E-state index in [1.54, 1.807) is 23.0 Å². The average Bonchev–Trinajstić information content (AvgIpc) is 3.04. The molecule has 0 aliphatic carbocycles. The number of carbonyl (C=O) groups is 1. The van der Waals surface area contributed by atoms with Crippen molar-refractivity contribution in [3.05, 3.63) is 34.2 Å². The Morgan fingerprint density at radius 3 is 3.00 bits per heavy atom. The Hall–Kier alpha value is -2.10. The van der Waals surface area contributed by atoms with Crippen molar-refractivity contribution in [3.8, 4) is 11.8 Å². The van der Waals surface area contributed by atoms with Crippen LogP contribution in [-0.4, -0.2) is 22.2 Å². The molecule has 0 saturated carbocycles. The lowest BCUT2D eigenvalue weighted by Gasteiger charge is -2.11. The van der Waals surface area contributed by atoms with Gasteiger partial charge in [-0.1, -0.05) is 11.8 Å². The van der Waals surface area contributed by atoms with Gasteiger partial charge in [-0.05, 0) is 26.0 Å². The predicted octanol–water partition coefficient (Wildman–Crippen LogP) is 2.09. The zero-order valence-corrected chi connectivity index (χ0v) is 12.2. The molecule has 0 bridgehead atoms. The molecule has 3 N–H and O–H groups in total. The number of nitrogens with two attached hydrogens (primary N) is 1. The standard InChI is InChI=1S/C14H16N4OS/c1-10(2)18-13(7-9-16-18)17-14(19)12-6-5-11(20-12)4-3-8-15/h5-7,9-10H,8,15H2,1-2H3,(H,17,19). The molecule has 2 rings (SSSR count). The lowest BCUT2D eigenvalue weighted by molar-refractivity contribution is 0.102. The second-order valence-corrected chi connectivity index (χ2v) is 5.46. The van der Waals surface area contributed by atoms with Gasteiger partial charge in [0.05, 0.1) is 22.5 Å². The van der Waals surface area contributed by atoms with Gasteiger partial charge < -0.3 is 11.1 Å². The summed E-state index contributed by atoms with van der Waals surface area (Å²) in [5.74, 6) is 6.22. The third-order valence-electron chi connectivity index (χ3n) is 2.54. The predicted molar refractivity (Wildman–Crippen MR) is 80.8 cm³/mol. The number of carbonyl (C=O) groups excluding carboxylic acids is 1. The van der Waals surface area contributed by atoms with Crippen LogP contribution in [0.5, 0.6) is 0 Å². The molecule has 0 aliphatic heterocycles. The van der Waals surface area contributed by atoms with Crippen LogP contribution in [0.25, 0.3) is 0 Å². The maximum absolute atomic E-state index is 12.2. The Bertz CT molecular complexity index is 660. The first-order chi connectivity index (χ1) is 9.61. The number of aromatic nitrogens is 2. The van der Waals surface area contributed by atoms with Crippen molar-refractivity contribution < 1.29 is 4.79 Å². The van der Waals surface area contributed by atoms with Crippen LogP contribution >= 0.6 is 11.3 Å². The zero-order valence-electron chi connectivity index (χ0n) is 11.4. The Kier molecular flexibility index (Phi) is 4.56. The topological polar surface area (TPSA) is 72.9 Å². The average molecular weight is 288 g/mol. The van der Waals surface area contributed by atoms with Gasteiger partial charge in [-0.3, -0.25) is 4.79 Å². The van der Waals surface area contributed by atoms with E-state index in [0.29, 0.717) is 17.2 Å². The minimum absolute atomic E-state index is 0.154. The molecule has 0 saturated heterocycles. The van der Waals surface area contributed by atoms with Crippen LogP contribution in [0.1, 0.15) is 34.4 Å². The summed E-state index contributed by atoms with van der Waals surface area (Å²) in [6.45, 7) is 4.33. The van der Waals surface area contributed by atoms with Crippen LogP contribution in [0.3, 0.4) is 0 Å². The molecule has 0 radical (unpaired) electrons. The number of anilines is 1. The zero-order chi connectivity index (χ0) is 14.5. The summed E-state index contributed by atoms with van der Waals surface area (Å²) in [6, 6.07) is 5.55. The summed E-state index contributed by atoms with van der Waals surface area (Å²) in [6.07, 6.45) is 1.67. The summed E-state index contributed by atoms with van der Waals surface area (Å²) >= 11 is 1.35. The summed E-state index contributed by atoms with van der Waals surface area (Å²) in [7, 11) is 0. The van der Waals surface area contributed by atoms with Crippen molar-refractivity contribution in [2.45, 2.75) is 19.9 Å². The van der Waals surface area contributed by atoms with E-state index in [-0.39, 0.29) is 11.9 Å². The first-order valence-corrected chi connectivity index (χ1v) is 7.07. The normalized spacial score (nSPS) is 10.2. The second-order valence-electron chi connectivity index (χ2n) is 4.38. The van der Waals surface area contributed by atoms with Gasteiger partial charge in [0.2, 0.25) is 0 Å². The first-order valence-electron chi connectivity index (χ1n) is 6.25. The fourth-order valence-corrected chi connectivity index (χ4v) is 2.44.